The Bertz CT molecular complexity index is 661. The highest BCUT2D eigenvalue weighted by Gasteiger charge is 2.35. The normalized spacial score (nSPS) is 23.3. The van der Waals surface area contributed by atoms with Crippen LogP contribution in [0.2, 0.25) is 0 Å². The quantitative estimate of drug-likeness (QED) is 0.661. The Morgan fingerprint density at radius 2 is 2.17 bits per heavy atom. The number of amides is 2. The summed E-state index contributed by atoms with van der Waals surface area (Å²) in [6.45, 7) is 1.21. The summed E-state index contributed by atoms with van der Waals surface area (Å²) < 4.78 is 4.79. The van der Waals surface area contributed by atoms with Gasteiger partial charge in [0.1, 0.15) is 12.1 Å². The molecule has 2 amide bonds. The van der Waals surface area contributed by atoms with Gasteiger partial charge < -0.3 is 15.4 Å². The van der Waals surface area contributed by atoms with E-state index in [9.17, 15) is 14.4 Å². The standard InChI is InChI=1S/C17H21N3O4/c1-24-17(23)13(8-10-6-7-18-15(10)21)20-16(22)14-12-5-3-2-4-11(12)9-19-14/h2-5,10,13-14,19H,6-9H2,1H3,(H,18,21)(H,20,22)/t10-,13?,14?/m0/s1. The van der Waals surface area contributed by atoms with Gasteiger partial charge in [0.15, 0.2) is 0 Å². The van der Waals surface area contributed by atoms with Crippen LogP contribution in [0.1, 0.15) is 30.0 Å². The van der Waals surface area contributed by atoms with Crippen molar-refractivity contribution in [3.63, 3.8) is 0 Å². The number of carbonyl (C=O) groups is 3. The predicted octanol–water partition coefficient (Wildman–Crippen LogP) is 0.0149. The molecule has 1 aromatic rings. The van der Waals surface area contributed by atoms with E-state index < -0.39 is 18.1 Å². The van der Waals surface area contributed by atoms with E-state index in [0.717, 1.165) is 11.1 Å². The number of rotatable bonds is 5. The van der Waals surface area contributed by atoms with Crippen LogP contribution in [0.5, 0.6) is 0 Å². The molecule has 0 bridgehead atoms. The van der Waals surface area contributed by atoms with Crippen molar-refractivity contribution in [2.75, 3.05) is 13.7 Å². The van der Waals surface area contributed by atoms with Crippen molar-refractivity contribution in [1.29, 1.82) is 0 Å². The SMILES string of the molecule is COC(=O)C(C[C@@H]1CCNC1=O)NC(=O)C1NCc2ccccc21. The third-order valence-corrected chi connectivity index (χ3v) is 4.61. The van der Waals surface area contributed by atoms with Crippen molar-refractivity contribution >= 4 is 17.8 Å². The average Bonchev–Trinajstić information content (AvgIpc) is 3.20. The van der Waals surface area contributed by atoms with E-state index in [1.807, 2.05) is 24.3 Å². The molecule has 128 valence electrons. The van der Waals surface area contributed by atoms with Gasteiger partial charge in [-0.25, -0.2) is 4.79 Å². The van der Waals surface area contributed by atoms with Crippen LogP contribution < -0.4 is 16.0 Å². The number of methoxy groups -OCH3 is 1. The Morgan fingerprint density at radius 1 is 1.38 bits per heavy atom. The fraction of sp³-hybridized carbons (Fsp3) is 0.471. The lowest BCUT2D eigenvalue weighted by molar-refractivity contribution is -0.146. The van der Waals surface area contributed by atoms with Crippen molar-refractivity contribution in [3.8, 4) is 0 Å². The van der Waals surface area contributed by atoms with Crippen molar-refractivity contribution in [3.05, 3.63) is 35.4 Å². The number of fused-ring (bicyclic) bond motifs is 1. The maximum Gasteiger partial charge on any atom is 0.328 e. The molecule has 0 aromatic heterocycles. The summed E-state index contributed by atoms with van der Waals surface area (Å²) in [4.78, 5) is 36.4. The number of hydrogen-bond acceptors (Lipinski definition) is 5. The summed E-state index contributed by atoms with van der Waals surface area (Å²) in [7, 11) is 1.28. The zero-order chi connectivity index (χ0) is 17.1. The average molecular weight is 331 g/mol. The van der Waals surface area contributed by atoms with Gasteiger partial charge in [-0.2, -0.15) is 0 Å². The van der Waals surface area contributed by atoms with E-state index in [1.165, 1.54) is 7.11 Å². The molecular formula is C17H21N3O4. The highest BCUT2D eigenvalue weighted by atomic mass is 16.5. The molecule has 2 aliphatic heterocycles. The molecule has 3 atom stereocenters. The van der Waals surface area contributed by atoms with Crippen LogP contribution in [0, 0.1) is 5.92 Å². The summed E-state index contributed by atoms with van der Waals surface area (Å²) in [6.07, 6.45) is 0.908. The molecule has 2 unspecified atom stereocenters. The van der Waals surface area contributed by atoms with Crippen LogP contribution in [-0.2, 0) is 25.7 Å². The van der Waals surface area contributed by atoms with Crippen LogP contribution in [0.25, 0.3) is 0 Å². The van der Waals surface area contributed by atoms with Gasteiger partial charge in [-0.3, -0.25) is 14.9 Å². The molecule has 0 aliphatic carbocycles. The summed E-state index contributed by atoms with van der Waals surface area (Å²) in [6, 6.07) is 6.35. The van der Waals surface area contributed by atoms with E-state index in [1.54, 1.807) is 0 Å². The lowest BCUT2D eigenvalue weighted by Crippen LogP contribution is -2.46. The van der Waals surface area contributed by atoms with E-state index in [2.05, 4.69) is 16.0 Å². The molecule has 0 spiro atoms. The van der Waals surface area contributed by atoms with E-state index in [-0.39, 0.29) is 24.2 Å². The van der Waals surface area contributed by atoms with Crippen molar-refractivity contribution in [1.82, 2.24) is 16.0 Å². The maximum absolute atomic E-state index is 12.6. The first-order valence-electron chi connectivity index (χ1n) is 8.07. The van der Waals surface area contributed by atoms with Gasteiger partial charge in [0.2, 0.25) is 11.8 Å². The van der Waals surface area contributed by atoms with Crippen molar-refractivity contribution < 1.29 is 19.1 Å². The number of ether oxygens (including phenoxy) is 1. The van der Waals surface area contributed by atoms with Crippen LogP contribution in [0.4, 0.5) is 0 Å². The smallest absolute Gasteiger partial charge is 0.328 e. The molecule has 0 radical (unpaired) electrons. The predicted molar refractivity (Wildman–Crippen MR) is 85.7 cm³/mol. The Labute approximate surface area is 140 Å². The Hall–Kier alpha value is -2.41. The molecule has 1 aromatic carbocycles. The van der Waals surface area contributed by atoms with Gasteiger partial charge in [0, 0.05) is 19.0 Å². The van der Waals surface area contributed by atoms with Crippen LogP contribution in [0.3, 0.4) is 0 Å². The molecular weight excluding hydrogens is 310 g/mol. The number of esters is 1. The molecule has 1 fully saturated rings. The fourth-order valence-electron chi connectivity index (χ4n) is 3.30. The zero-order valence-electron chi connectivity index (χ0n) is 13.5. The number of benzene rings is 1. The van der Waals surface area contributed by atoms with Gasteiger partial charge in [-0.05, 0) is 24.0 Å². The molecule has 2 heterocycles. The summed E-state index contributed by atoms with van der Waals surface area (Å²) in [5, 5.41) is 8.62. The van der Waals surface area contributed by atoms with Gasteiger partial charge in [0.05, 0.1) is 7.11 Å². The molecule has 3 N–H and O–H groups in total. The molecule has 0 saturated carbocycles. The number of carbonyl (C=O) groups excluding carboxylic acids is 3. The lowest BCUT2D eigenvalue weighted by Gasteiger charge is -2.21. The minimum atomic E-state index is -0.828. The highest BCUT2D eigenvalue weighted by molar-refractivity contribution is 5.89. The second kappa shape index (κ2) is 7.00. The monoisotopic (exact) mass is 331 g/mol. The second-order valence-electron chi connectivity index (χ2n) is 6.11. The summed E-state index contributed by atoms with van der Waals surface area (Å²) in [5.41, 5.74) is 1.99. The third-order valence-electron chi connectivity index (χ3n) is 4.61. The zero-order valence-corrected chi connectivity index (χ0v) is 13.5. The molecule has 7 nitrogen and oxygen atoms in total. The molecule has 2 aliphatic rings. The maximum atomic E-state index is 12.6. The van der Waals surface area contributed by atoms with Gasteiger partial charge in [-0.15, -0.1) is 0 Å². The first-order valence-corrected chi connectivity index (χ1v) is 8.07. The van der Waals surface area contributed by atoms with Gasteiger partial charge in [-0.1, -0.05) is 24.3 Å². The summed E-state index contributed by atoms with van der Waals surface area (Å²) >= 11 is 0. The molecule has 7 heteroatoms. The Morgan fingerprint density at radius 3 is 2.88 bits per heavy atom. The van der Waals surface area contributed by atoms with Gasteiger partial charge >= 0.3 is 5.97 Å². The molecule has 1 saturated heterocycles. The largest absolute Gasteiger partial charge is 0.467 e. The van der Waals surface area contributed by atoms with E-state index in [0.29, 0.717) is 19.5 Å². The topological polar surface area (TPSA) is 96.5 Å². The first kappa shape index (κ1) is 16.4. The number of nitrogens with one attached hydrogen (secondary N) is 3. The van der Waals surface area contributed by atoms with Crippen LogP contribution in [0.15, 0.2) is 24.3 Å². The third kappa shape index (κ3) is 3.26. The van der Waals surface area contributed by atoms with Crippen LogP contribution in [-0.4, -0.2) is 37.5 Å². The highest BCUT2D eigenvalue weighted by Crippen LogP contribution is 2.25. The molecule has 24 heavy (non-hydrogen) atoms. The Balaban J connectivity index is 1.69. The van der Waals surface area contributed by atoms with E-state index in [4.69, 9.17) is 4.74 Å². The lowest BCUT2D eigenvalue weighted by atomic mass is 9.97. The minimum Gasteiger partial charge on any atom is -0.467 e. The Kier molecular flexibility index (Phi) is 4.80. The van der Waals surface area contributed by atoms with Crippen molar-refractivity contribution in [2.45, 2.75) is 31.5 Å². The fourth-order valence-corrected chi connectivity index (χ4v) is 3.30. The molecule has 3 rings (SSSR count). The number of hydrogen-bond donors (Lipinski definition) is 3. The van der Waals surface area contributed by atoms with Crippen molar-refractivity contribution in [2.24, 2.45) is 5.92 Å². The minimum absolute atomic E-state index is 0.0810. The first-order chi connectivity index (χ1) is 11.6. The summed E-state index contributed by atoms with van der Waals surface area (Å²) in [5.74, 6) is -1.18. The van der Waals surface area contributed by atoms with E-state index >= 15 is 0 Å². The van der Waals surface area contributed by atoms with Crippen LogP contribution >= 0.6 is 0 Å². The second-order valence-corrected chi connectivity index (χ2v) is 6.11. The van der Waals surface area contributed by atoms with Gasteiger partial charge in [0.25, 0.3) is 0 Å².